The number of aryl methyl sites for hydroxylation is 1. The number of morpholine rings is 1. The standard InChI is InChI=1S/C31H38N6O4/c1-19-14-36(15-20(2)41-19)24-17-35(18-24)16-23-9-7-22(8-10-23)13-32-25-5-4-6-26-29(25)31(40)37(21(3)33-26)27-11-12-28(38)34-30(27)39/h4-10,19-20,24,27,32H,11-18H2,1-3H3,(H,34,38,39)/t19-,20+,27?. The number of anilines is 1. The molecule has 0 bridgehead atoms. The summed E-state index contributed by atoms with van der Waals surface area (Å²) in [5, 5.41) is 6.20. The van der Waals surface area contributed by atoms with Gasteiger partial charge in [-0.2, -0.15) is 0 Å². The molecule has 3 saturated heterocycles. The van der Waals surface area contributed by atoms with Crippen LogP contribution in [0.3, 0.4) is 0 Å². The van der Waals surface area contributed by atoms with E-state index in [1.54, 1.807) is 13.0 Å². The van der Waals surface area contributed by atoms with Crippen LogP contribution < -0.4 is 16.2 Å². The summed E-state index contributed by atoms with van der Waals surface area (Å²) in [4.78, 5) is 47.5. The Balaban J connectivity index is 1.10. The van der Waals surface area contributed by atoms with Gasteiger partial charge in [0.25, 0.3) is 5.56 Å². The Hall–Kier alpha value is -3.60. The molecule has 0 radical (unpaired) electrons. The summed E-state index contributed by atoms with van der Waals surface area (Å²) in [6.07, 6.45) is 1.08. The van der Waals surface area contributed by atoms with Crippen molar-refractivity contribution in [3.05, 3.63) is 69.8 Å². The van der Waals surface area contributed by atoms with Gasteiger partial charge in [-0.3, -0.25) is 34.1 Å². The normalized spacial score (nSPS) is 24.3. The van der Waals surface area contributed by atoms with Gasteiger partial charge in [-0.25, -0.2) is 4.98 Å². The molecule has 0 spiro atoms. The summed E-state index contributed by atoms with van der Waals surface area (Å²) in [6, 6.07) is 14.0. The zero-order valence-electron chi connectivity index (χ0n) is 23.9. The highest BCUT2D eigenvalue weighted by Gasteiger charge is 2.35. The topological polar surface area (TPSA) is 109 Å². The second-order valence-corrected chi connectivity index (χ2v) is 11.7. The molecule has 0 aliphatic carbocycles. The van der Waals surface area contributed by atoms with Crippen LogP contribution in [0.2, 0.25) is 0 Å². The molecular weight excluding hydrogens is 520 g/mol. The summed E-state index contributed by atoms with van der Waals surface area (Å²) >= 11 is 0. The summed E-state index contributed by atoms with van der Waals surface area (Å²) in [5.41, 5.74) is 3.35. The molecule has 1 aromatic heterocycles. The zero-order valence-corrected chi connectivity index (χ0v) is 23.9. The average molecular weight is 559 g/mol. The molecule has 3 atom stereocenters. The maximum atomic E-state index is 13.6. The van der Waals surface area contributed by atoms with Gasteiger partial charge in [-0.1, -0.05) is 30.3 Å². The zero-order chi connectivity index (χ0) is 28.7. The van der Waals surface area contributed by atoms with E-state index in [2.05, 4.69) is 63.5 Å². The molecule has 3 aliphatic heterocycles. The predicted octanol–water partition coefficient (Wildman–Crippen LogP) is 2.59. The van der Waals surface area contributed by atoms with Gasteiger partial charge in [0.1, 0.15) is 11.9 Å². The van der Waals surface area contributed by atoms with E-state index in [1.807, 2.05) is 12.1 Å². The minimum Gasteiger partial charge on any atom is -0.380 e. The van der Waals surface area contributed by atoms with E-state index >= 15 is 0 Å². The minimum atomic E-state index is -0.750. The van der Waals surface area contributed by atoms with Crippen LogP contribution in [0.5, 0.6) is 0 Å². The number of carbonyl (C=O) groups is 2. The van der Waals surface area contributed by atoms with Crippen molar-refractivity contribution in [3.63, 3.8) is 0 Å². The van der Waals surface area contributed by atoms with E-state index in [0.717, 1.165) is 38.3 Å². The number of fused-ring (bicyclic) bond motifs is 1. The van der Waals surface area contributed by atoms with Gasteiger partial charge in [-0.05, 0) is 50.5 Å². The van der Waals surface area contributed by atoms with Crippen LogP contribution in [0.25, 0.3) is 10.9 Å². The van der Waals surface area contributed by atoms with Crippen molar-refractivity contribution < 1.29 is 14.3 Å². The molecule has 3 fully saturated rings. The number of aromatic nitrogens is 2. The van der Waals surface area contributed by atoms with E-state index in [1.165, 1.54) is 10.1 Å². The SMILES string of the molecule is Cc1nc2cccc(NCc3ccc(CN4CC(N5C[C@@H](C)O[C@@H](C)C5)C4)cc3)c2c(=O)n1C1CCC(=O)NC1=O. The number of piperidine rings is 1. The fourth-order valence-electron chi connectivity index (χ4n) is 6.43. The molecule has 2 amide bonds. The molecule has 2 N–H and O–H groups in total. The number of nitrogens with zero attached hydrogens (tertiary/aromatic N) is 4. The van der Waals surface area contributed by atoms with Crippen LogP contribution in [0.4, 0.5) is 5.69 Å². The van der Waals surface area contributed by atoms with Crippen LogP contribution in [-0.4, -0.2) is 75.6 Å². The van der Waals surface area contributed by atoms with Crippen molar-refractivity contribution in [1.82, 2.24) is 24.7 Å². The second-order valence-electron chi connectivity index (χ2n) is 11.7. The molecule has 216 valence electrons. The third-order valence-corrected chi connectivity index (χ3v) is 8.44. The fourth-order valence-corrected chi connectivity index (χ4v) is 6.43. The van der Waals surface area contributed by atoms with Gasteiger partial charge in [-0.15, -0.1) is 0 Å². The van der Waals surface area contributed by atoms with Crippen molar-refractivity contribution >= 4 is 28.4 Å². The molecule has 3 aliphatic rings. The summed E-state index contributed by atoms with van der Waals surface area (Å²) in [7, 11) is 0. The maximum Gasteiger partial charge on any atom is 0.264 e. The van der Waals surface area contributed by atoms with Gasteiger partial charge in [0.05, 0.1) is 23.1 Å². The Kier molecular flexibility index (Phi) is 7.63. The van der Waals surface area contributed by atoms with Crippen molar-refractivity contribution in [2.24, 2.45) is 0 Å². The van der Waals surface area contributed by atoms with E-state index in [-0.39, 0.29) is 24.3 Å². The van der Waals surface area contributed by atoms with Gasteiger partial charge in [0, 0.05) is 57.4 Å². The number of likely N-dealkylation sites (tertiary alicyclic amines) is 1. The number of imide groups is 1. The molecule has 10 heteroatoms. The van der Waals surface area contributed by atoms with Crippen LogP contribution >= 0.6 is 0 Å². The lowest BCUT2D eigenvalue weighted by Crippen LogP contribution is -2.62. The first-order valence-corrected chi connectivity index (χ1v) is 14.5. The van der Waals surface area contributed by atoms with Crippen molar-refractivity contribution in [3.8, 4) is 0 Å². The first kappa shape index (κ1) is 27.6. The number of nitrogens with one attached hydrogen (secondary N) is 2. The number of ether oxygens (including phenoxy) is 1. The monoisotopic (exact) mass is 558 g/mol. The second kappa shape index (κ2) is 11.3. The first-order chi connectivity index (χ1) is 19.7. The van der Waals surface area contributed by atoms with Gasteiger partial charge < -0.3 is 10.1 Å². The lowest BCUT2D eigenvalue weighted by Gasteiger charge is -2.49. The number of hydrogen-bond acceptors (Lipinski definition) is 8. The fraction of sp³-hybridized carbons (Fsp3) is 0.484. The van der Waals surface area contributed by atoms with Gasteiger partial charge >= 0.3 is 0 Å². The highest BCUT2D eigenvalue weighted by molar-refractivity contribution is 5.99. The van der Waals surface area contributed by atoms with Crippen molar-refractivity contribution in [2.45, 2.75) is 71.0 Å². The Morgan fingerprint density at radius 1 is 0.976 bits per heavy atom. The molecule has 6 rings (SSSR count). The molecule has 10 nitrogen and oxygen atoms in total. The molecule has 3 aromatic rings. The lowest BCUT2D eigenvalue weighted by molar-refractivity contribution is -0.135. The molecule has 0 saturated carbocycles. The molecule has 41 heavy (non-hydrogen) atoms. The predicted molar refractivity (Wildman–Crippen MR) is 157 cm³/mol. The summed E-state index contributed by atoms with van der Waals surface area (Å²) in [5.74, 6) is -0.324. The summed E-state index contributed by atoms with van der Waals surface area (Å²) < 4.78 is 7.30. The largest absolute Gasteiger partial charge is 0.380 e. The van der Waals surface area contributed by atoms with Crippen LogP contribution in [0, 0.1) is 6.92 Å². The molecule has 2 aromatic carbocycles. The first-order valence-electron chi connectivity index (χ1n) is 14.5. The number of rotatable bonds is 7. The Labute approximate surface area is 239 Å². The third-order valence-electron chi connectivity index (χ3n) is 8.44. The van der Waals surface area contributed by atoms with Crippen LogP contribution in [-0.2, 0) is 27.4 Å². The number of amides is 2. The summed E-state index contributed by atoms with van der Waals surface area (Å²) in [6.45, 7) is 11.7. The number of hydrogen-bond donors (Lipinski definition) is 2. The van der Waals surface area contributed by atoms with Crippen molar-refractivity contribution in [2.75, 3.05) is 31.5 Å². The molecular formula is C31H38N6O4. The molecule has 4 heterocycles. The van der Waals surface area contributed by atoms with E-state index < -0.39 is 11.9 Å². The average Bonchev–Trinajstić information content (AvgIpc) is 2.90. The van der Waals surface area contributed by atoms with Crippen LogP contribution in [0.1, 0.15) is 49.7 Å². The number of carbonyl (C=O) groups excluding carboxylic acids is 2. The smallest absolute Gasteiger partial charge is 0.264 e. The minimum absolute atomic E-state index is 0.195. The van der Waals surface area contributed by atoms with Gasteiger partial charge in [0.15, 0.2) is 0 Å². The van der Waals surface area contributed by atoms with Crippen molar-refractivity contribution in [1.29, 1.82) is 0 Å². The third kappa shape index (κ3) is 5.77. The van der Waals surface area contributed by atoms with E-state index in [9.17, 15) is 14.4 Å². The Morgan fingerprint density at radius 2 is 1.68 bits per heavy atom. The Bertz CT molecular complexity index is 1500. The quantitative estimate of drug-likeness (QED) is 0.426. The highest BCUT2D eigenvalue weighted by atomic mass is 16.5. The van der Waals surface area contributed by atoms with Crippen LogP contribution in [0.15, 0.2) is 47.3 Å². The highest BCUT2D eigenvalue weighted by Crippen LogP contribution is 2.25. The van der Waals surface area contributed by atoms with E-state index in [4.69, 9.17) is 4.74 Å². The van der Waals surface area contributed by atoms with E-state index in [0.29, 0.717) is 47.2 Å². The Morgan fingerprint density at radius 3 is 2.39 bits per heavy atom. The lowest BCUT2D eigenvalue weighted by atomic mass is 10.0. The maximum absolute atomic E-state index is 13.6. The van der Waals surface area contributed by atoms with Gasteiger partial charge in [0.2, 0.25) is 11.8 Å². The molecule has 1 unspecified atom stereocenters. The number of benzene rings is 2.